The van der Waals surface area contributed by atoms with E-state index in [9.17, 15) is 9.90 Å². The van der Waals surface area contributed by atoms with Gasteiger partial charge in [-0.25, -0.2) is 9.78 Å². The molecule has 1 N–H and O–H groups in total. The Kier molecular flexibility index (Phi) is 5.09. The molecule has 1 aromatic heterocycles. The third kappa shape index (κ3) is 4.12. The van der Waals surface area contributed by atoms with Crippen LogP contribution in [0.3, 0.4) is 0 Å². The maximum absolute atomic E-state index is 11.2. The summed E-state index contributed by atoms with van der Waals surface area (Å²) in [5, 5.41) is 10.3. The van der Waals surface area contributed by atoms with Crippen molar-refractivity contribution >= 4 is 17.3 Å². The summed E-state index contributed by atoms with van der Waals surface area (Å²) in [6.07, 6.45) is 0.732. The topological polar surface area (TPSA) is 53.4 Å². The third-order valence-corrected chi connectivity index (χ3v) is 4.48. The number of likely N-dealkylation sites (N-methyl/N-ethyl adjacent to an activating group) is 1. The van der Waals surface area contributed by atoms with E-state index < -0.39 is 5.97 Å². The number of aryl methyl sites for hydroxylation is 2. The van der Waals surface area contributed by atoms with Gasteiger partial charge in [-0.1, -0.05) is 18.2 Å². The SMILES string of the molecule is Cc1nc(C)c(CN(C)CCc2ccccc2C(=O)O)s1. The van der Waals surface area contributed by atoms with Crippen LogP contribution in [-0.2, 0) is 13.0 Å². The van der Waals surface area contributed by atoms with E-state index >= 15 is 0 Å². The lowest BCUT2D eigenvalue weighted by Gasteiger charge is -2.16. The van der Waals surface area contributed by atoms with Crippen molar-refractivity contribution in [2.24, 2.45) is 0 Å². The number of carboxylic acid groups (broad SMARTS) is 1. The largest absolute Gasteiger partial charge is 0.478 e. The highest BCUT2D eigenvalue weighted by Gasteiger charge is 2.11. The van der Waals surface area contributed by atoms with E-state index in [1.54, 1.807) is 23.5 Å². The highest BCUT2D eigenvalue weighted by molar-refractivity contribution is 7.11. The van der Waals surface area contributed by atoms with E-state index in [0.717, 1.165) is 35.8 Å². The fourth-order valence-electron chi connectivity index (χ4n) is 2.30. The van der Waals surface area contributed by atoms with Crippen LogP contribution in [0.1, 0.15) is 31.5 Å². The van der Waals surface area contributed by atoms with Crippen LogP contribution >= 0.6 is 11.3 Å². The van der Waals surface area contributed by atoms with Gasteiger partial charge in [-0.3, -0.25) is 0 Å². The second-order valence-electron chi connectivity index (χ2n) is 5.19. The zero-order chi connectivity index (χ0) is 15.4. The van der Waals surface area contributed by atoms with Gasteiger partial charge in [-0.15, -0.1) is 11.3 Å². The molecule has 0 atom stereocenters. The number of benzene rings is 1. The van der Waals surface area contributed by atoms with Crippen LogP contribution in [0.5, 0.6) is 0 Å². The normalized spacial score (nSPS) is 11.0. The van der Waals surface area contributed by atoms with Crippen molar-refractivity contribution in [3.05, 3.63) is 51.0 Å². The minimum absolute atomic E-state index is 0.399. The van der Waals surface area contributed by atoms with Gasteiger partial charge in [-0.05, 0) is 38.9 Å². The van der Waals surface area contributed by atoms with Crippen molar-refractivity contribution in [3.63, 3.8) is 0 Å². The van der Waals surface area contributed by atoms with Gasteiger partial charge in [0, 0.05) is 18.0 Å². The van der Waals surface area contributed by atoms with Gasteiger partial charge >= 0.3 is 5.97 Å². The van der Waals surface area contributed by atoms with Crippen LogP contribution in [0.4, 0.5) is 0 Å². The second kappa shape index (κ2) is 6.83. The summed E-state index contributed by atoms with van der Waals surface area (Å²) in [5.41, 5.74) is 2.38. The fourth-order valence-corrected chi connectivity index (χ4v) is 3.32. The number of rotatable bonds is 6. The van der Waals surface area contributed by atoms with Gasteiger partial charge in [-0.2, -0.15) is 0 Å². The Morgan fingerprint density at radius 1 is 1.33 bits per heavy atom. The van der Waals surface area contributed by atoms with Gasteiger partial charge < -0.3 is 10.0 Å². The van der Waals surface area contributed by atoms with Crippen LogP contribution in [0.15, 0.2) is 24.3 Å². The molecule has 0 aliphatic carbocycles. The van der Waals surface area contributed by atoms with Crippen LogP contribution in [0.25, 0.3) is 0 Å². The van der Waals surface area contributed by atoms with Crippen molar-refractivity contribution in [2.75, 3.05) is 13.6 Å². The molecule has 21 heavy (non-hydrogen) atoms. The zero-order valence-corrected chi connectivity index (χ0v) is 13.4. The molecule has 112 valence electrons. The molecule has 0 saturated heterocycles. The minimum atomic E-state index is -0.859. The van der Waals surface area contributed by atoms with Gasteiger partial charge in [0.25, 0.3) is 0 Å². The second-order valence-corrected chi connectivity index (χ2v) is 6.48. The van der Waals surface area contributed by atoms with Crippen molar-refractivity contribution in [2.45, 2.75) is 26.8 Å². The van der Waals surface area contributed by atoms with E-state index in [0.29, 0.717) is 5.56 Å². The molecule has 0 amide bonds. The predicted molar refractivity (Wildman–Crippen MR) is 85.0 cm³/mol. The molecule has 2 aromatic rings. The van der Waals surface area contributed by atoms with Crippen LogP contribution in [-0.4, -0.2) is 34.6 Å². The van der Waals surface area contributed by atoms with Gasteiger partial charge in [0.1, 0.15) is 0 Å². The van der Waals surface area contributed by atoms with E-state index in [-0.39, 0.29) is 0 Å². The average molecular weight is 304 g/mol. The Morgan fingerprint density at radius 2 is 2.05 bits per heavy atom. The number of aromatic carboxylic acids is 1. The molecule has 0 radical (unpaired) electrons. The fraction of sp³-hybridized carbons (Fsp3) is 0.375. The van der Waals surface area contributed by atoms with Crippen LogP contribution in [0.2, 0.25) is 0 Å². The number of nitrogens with zero attached hydrogens (tertiary/aromatic N) is 2. The third-order valence-electron chi connectivity index (χ3n) is 3.42. The molecule has 4 nitrogen and oxygen atoms in total. The first-order valence-corrected chi connectivity index (χ1v) is 7.71. The van der Waals surface area contributed by atoms with Gasteiger partial charge in [0.15, 0.2) is 0 Å². The monoisotopic (exact) mass is 304 g/mol. The molecular formula is C16H20N2O2S. The van der Waals surface area contributed by atoms with Crippen molar-refractivity contribution in [1.82, 2.24) is 9.88 Å². The summed E-state index contributed by atoms with van der Waals surface area (Å²) < 4.78 is 0. The summed E-state index contributed by atoms with van der Waals surface area (Å²) in [5.74, 6) is -0.859. The molecule has 0 aliphatic heterocycles. The first kappa shape index (κ1) is 15.7. The van der Waals surface area contributed by atoms with E-state index in [1.165, 1.54) is 4.88 Å². The van der Waals surface area contributed by atoms with E-state index in [1.807, 2.05) is 26.0 Å². The van der Waals surface area contributed by atoms with Crippen LogP contribution in [0, 0.1) is 13.8 Å². The summed E-state index contributed by atoms with van der Waals surface area (Å²) in [6, 6.07) is 7.20. The Morgan fingerprint density at radius 3 is 2.67 bits per heavy atom. The standard InChI is InChI=1S/C16H20N2O2S/c1-11-15(21-12(2)17-11)10-18(3)9-8-13-6-4-5-7-14(13)16(19)20/h4-7H,8-10H2,1-3H3,(H,19,20). The van der Waals surface area contributed by atoms with E-state index in [4.69, 9.17) is 0 Å². The lowest BCUT2D eigenvalue weighted by atomic mass is 10.0. The van der Waals surface area contributed by atoms with Crippen molar-refractivity contribution in [3.8, 4) is 0 Å². The lowest BCUT2D eigenvalue weighted by molar-refractivity contribution is 0.0695. The number of aromatic nitrogens is 1. The Hall–Kier alpha value is -1.72. The number of hydrogen-bond acceptors (Lipinski definition) is 4. The van der Waals surface area contributed by atoms with E-state index in [2.05, 4.69) is 16.9 Å². The maximum atomic E-state index is 11.2. The first-order valence-electron chi connectivity index (χ1n) is 6.90. The highest BCUT2D eigenvalue weighted by atomic mass is 32.1. The molecule has 5 heteroatoms. The Bertz CT molecular complexity index is 637. The first-order chi connectivity index (χ1) is 9.97. The van der Waals surface area contributed by atoms with Gasteiger partial charge in [0.2, 0.25) is 0 Å². The molecule has 0 saturated carbocycles. The van der Waals surface area contributed by atoms with Crippen molar-refractivity contribution in [1.29, 1.82) is 0 Å². The quantitative estimate of drug-likeness (QED) is 0.891. The smallest absolute Gasteiger partial charge is 0.335 e. The number of hydrogen-bond donors (Lipinski definition) is 1. The zero-order valence-electron chi connectivity index (χ0n) is 12.6. The van der Waals surface area contributed by atoms with Crippen molar-refractivity contribution < 1.29 is 9.90 Å². The summed E-state index contributed by atoms with van der Waals surface area (Å²) in [6.45, 7) is 5.73. The molecule has 2 rings (SSSR count). The lowest BCUT2D eigenvalue weighted by Crippen LogP contribution is -2.21. The Labute approximate surface area is 129 Å². The summed E-state index contributed by atoms with van der Waals surface area (Å²) in [4.78, 5) is 19.1. The van der Waals surface area contributed by atoms with Crippen LogP contribution < -0.4 is 0 Å². The predicted octanol–water partition coefficient (Wildman–Crippen LogP) is 3.13. The molecular weight excluding hydrogens is 284 g/mol. The maximum Gasteiger partial charge on any atom is 0.335 e. The number of carbonyl (C=O) groups is 1. The highest BCUT2D eigenvalue weighted by Crippen LogP contribution is 2.19. The molecule has 0 fully saturated rings. The molecule has 1 heterocycles. The molecule has 1 aromatic carbocycles. The molecule has 0 spiro atoms. The average Bonchev–Trinajstić information content (AvgIpc) is 2.74. The molecule has 0 unspecified atom stereocenters. The molecule has 0 bridgehead atoms. The Balaban J connectivity index is 1.97. The van der Waals surface area contributed by atoms with Gasteiger partial charge in [0.05, 0.1) is 16.3 Å². The number of carboxylic acids is 1. The minimum Gasteiger partial charge on any atom is -0.478 e. The summed E-state index contributed by atoms with van der Waals surface area (Å²) in [7, 11) is 2.05. The number of thiazole rings is 1. The summed E-state index contributed by atoms with van der Waals surface area (Å²) >= 11 is 1.73. The molecule has 0 aliphatic rings.